The van der Waals surface area contributed by atoms with Gasteiger partial charge in [-0.05, 0) is 18.9 Å². The molecule has 1 rings (SSSR count). The van der Waals surface area contributed by atoms with Crippen LogP contribution in [0.3, 0.4) is 0 Å². The number of aromatic nitrogens is 2. The van der Waals surface area contributed by atoms with E-state index in [-0.39, 0.29) is 0 Å². The minimum Gasteiger partial charge on any atom is -0.254 e. The van der Waals surface area contributed by atoms with E-state index >= 15 is 0 Å². The van der Waals surface area contributed by atoms with E-state index in [1.807, 2.05) is 10.7 Å². The van der Waals surface area contributed by atoms with Crippen LogP contribution in [-0.4, -0.2) is 9.78 Å². The van der Waals surface area contributed by atoms with E-state index < -0.39 is 0 Å². The molecule has 0 saturated carbocycles. The highest BCUT2D eigenvalue weighted by Gasteiger charge is 2.02. The molecule has 0 aromatic carbocycles. The van der Waals surface area contributed by atoms with E-state index in [0.717, 1.165) is 30.2 Å². The topological polar surface area (TPSA) is 17.8 Å². The summed E-state index contributed by atoms with van der Waals surface area (Å²) in [7, 11) is 0. The van der Waals surface area contributed by atoms with Crippen molar-refractivity contribution in [3.05, 3.63) is 16.9 Å². The summed E-state index contributed by atoms with van der Waals surface area (Å²) in [6.45, 7) is 5.19. The van der Waals surface area contributed by atoms with Crippen LogP contribution < -0.4 is 0 Å². The van der Waals surface area contributed by atoms with Gasteiger partial charge in [-0.2, -0.15) is 5.10 Å². The second-order valence-corrected chi connectivity index (χ2v) is 3.28. The Morgan fingerprint density at radius 3 is 2.75 bits per heavy atom. The van der Waals surface area contributed by atoms with Gasteiger partial charge in [0.05, 0.1) is 5.69 Å². The minimum absolute atomic E-state index is 0.764. The van der Waals surface area contributed by atoms with E-state index in [4.69, 9.17) is 11.6 Å². The van der Waals surface area contributed by atoms with Crippen LogP contribution in [0.5, 0.6) is 0 Å². The first-order chi connectivity index (χ1) is 5.77. The number of hydrogen-bond acceptors (Lipinski definition) is 1. The van der Waals surface area contributed by atoms with Gasteiger partial charge >= 0.3 is 0 Å². The Kier molecular flexibility index (Phi) is 3.60. The monoisotopic (exact) mass is 186 g/mol. The molecule has 68 valence electrons. The molecular formula is C9H15ClN2. The molecule has 0 saturated heterocycles. The Morgan fingerprint density at radius 1 is 1.50 bits per heavy atom. The molecular weight excluding hydrogens is 172 g/mol. The molecule has 1 aromatic heterocycles. The second kappa shape index (κ2) is 4.51. The van der Waals surface area contributed by atoms with Crippen LogP contribution in [0.15, 0.2) is 6.07 Å². The molecule has 0 atom stereocenters. The van der Waals surface area contributed by atoms with Gasteiger partial charge in [-0.3, -0.25) is 4.68 Å². The molecule has 0 N–H and O–H groups in total. The van der Waals surface area contributed by atoms with E-state index in [9.17, 15) is 0 Å². The lowest BCUT2D eigenvalue weighted by atomic mass is 10.3. The molecule has 0 unspecified atom stereocenters. The van der Waals surface area contributed by atoms with Crippen molar-refractivity contribution < 1.29 is 0 Å². The van der Waals surface area contributed by atoms with Crippen LogP contribution in [0.4, 0.5) is 0 Å². The molecule has 0 bridgehead atoms. The number of unbranched alkanes of at least 4 members (excludes halogenated alkanes) is 1. The van der Waals surface area contributed by atoms with E-state index in [1.165, 1.54) is 6.42 Å². The quantitative estimate of drug-likeness (QED) is 0.707. The zero-order chi connectivity index (χ0) is 8.97. The van der Waals surface area contributed by atoms with Crippen molar-refractivity contribution in [2.45, 2.75) is 39.7 Å². The second-order valence-electron chi connectivity index (χ2n) is 2.89. The fourth-order valence-electron chi connectivity index (χ4n) is 1.08. The molecule has 0 radical (unpaired) electrons. The number of nitrogens with zero attached hydrogens (tertiary/aromatic N) is 2. The Balaban J connectivity index is 2.64. The first kappa shape index (κ1) is 9.59. The van der Waals surface area contributed by atoms with E-state index in [0.29, 0.717) is 0 Å². The molecule has 0 aliphatic heterocycles. The van der Waals surface area contributed by atoms with Gasteiger partial charge in [-0.15, -0.1) is 0 Å². The standard InChI is InChI=1S/C9H15ClN2/c1-3-5-6-12-9(10)7-8(4-2)11-12/h7H,3-6H2,1-2H3. The summed E-state index contributed by atoms with van der Waals surface area (Å²) in [6.07, 6.45) is 3.28. The normalized spacial score (nSPS) is 10.6. The predicted molar refractivity (Wildman–Crippen MR) is 51.5 cm³/mol. The van der Waals surface area contributed by atoms with Crippen LogP contribution in [0.1, 0.15) is 32.4 Å². The van der Waals surface area contributed by atoms with E-state index in [2.05, 4.69) is 18.9 Å². The van der Waals surface area contributed by atoms with Gasteiger partial charge < -0.3 is 0 Å². The molecule has 12 heavy (non-hydrogen) atoms. The van der Waals surface area contributed by atoms with Gasteiger partial charge in [0.1, 0.15) is 5.15 Å². The molecule has 3 heteroatoms. The summed E-state index contributed by atoms with van der Waals surface area (Å²) >= 11 is 5.96. The van der Waals surface area contributed by atoms with Crippen molar-refractivity contribution in [3.63, 3.8) is 0 Å². The summed E-state index contributed by atoms with van der Waals surface area (Å²) < 4.78 is 1.88. The Bertz CT molecular complexity index is 243. The lowest BCUT2D eigenvalue weighted by molar-refractivity contribution is 0.567. The number of halogens is 1. The number of aryl methyl sites for hydroxylation is 2. The zero-order valence-corrected chi connectivity index (χ0v) is 8.43. The van der Waals surface area contributed by atoms with Gasteiger partial charge in [-0.25, -0.2) is 0 Å². The average molecular weight is 187 g/mol. The Morgan fingerprint density at radius 2 is 2.25 bits per heavy atom. The van der Waals surface area contributed by atoms with Crippen molar-refractivity contribution in [2.24, 2.45) is 0 Å². The molecule has 0 spiro atoms. The zero-order valence-electron chi connectivity index (χ0n) is 7.68. The number of rotatable bonds is 4. The molecule has 0 fully saturated rings. The highest BCUT2D eigenvalue weighted by molar-refractivity contribution is 6.29. The third-order valence-electron chi connectivity index (χ3n) is 1.87. The fourth-order valence-corrected chi connectivity index (χ4v) is 1.33. The summed E-state index contributed by atoms with van der Waals surface area (Å²) in [5, 5.41) is 5.11. The molecule has 1 aromatic rings. The highest BCUT2D eigenvalue weighted by atomic mass is 35.5. The van der Waals surface area contributed by atoms with Crippen LogP contribution in [-0.2, 0) is 13.0 Å². The molecule has 2 nitrogen and oxygen atoms in total. The van der Waals surface area contributed by atoms with Crippen LogP contribution in [0.25, 0.3) is 0 Å². The minimum atomic E-state index is 0.764. The molecule has 0 aliphatic rings. The fraction of sp³-hybridized carbons (Fsp3) is 0.667. The maximum absolute atomic E-state index is 5.96. The van der Waals surface area contributed by atoms with Gasteiger partial charge in [0.25, 0.3) is 0 Å². The van der Waals surface area contributed by atoms with Gasteiger partial charge in [0.15, 0.2) is 0 Å². The lowest BCUT2D eigenvalue weighted by Gasteiger charge is -1.99. The summed E-state index contributed by atoms with van der Waals surface area (Å²) in [5.74, 6) is 0. The van der Waals surface area contributed by atoms with Gasteiger partial charge in [0, 0.05) is 6.54 Å². The van der Waals surface area contributed by atoms with Crippen molar-refractivity contribution in [2.75, 3.05) is 0 Å². The first-order valence-electron chi connectivity index (χ1n) is 4.50. The van der Waals surface area contributed by atoms with E-state index in [1.54, 1.807) is 0 Å². The predicted octanol–water partition coefficient (Wildman–Crippen LogP) is 2.90. The van der Waals surface area contributed by atoms with Crippen molar-refractivity contribution in [1.82, 2.24) is 9.78 Å². The Labute approximate surface area is 78.5 Å². The molecule has 1 heterocycles. The highest BCUT2D eigenvalue weighted by Crippen LogP contribution is 2.12. The maximum Gasteiger partial charge on any atom is 0.127 e. The molecule has 0 amide bonds. The van der Waals surface area contributed by atoms with Gasteiger partial charge in [-0.1, -0.05) is 31.9 Å². The SMILES string of the molecule is CCCCn1nc(CC)cc1Cl. The van der Waals surface area contributed by atoms with Crippen LogP contribution in [0.2, 0.25) is 5.15 Å². The summed E-state index contributed by atoms with van der Waals surface area (Å²) in [4.78, 5) is 0. The summed E-state index contributed by atoms with van der Waals surface area (Å²) in [5.41, 5.74) is 1.08. The van der Waals surface area contributed by atoms with Crippen molar-refractivity contribution >= 4 is 11.6 Å². The largest absolute Gasteiger partial charge is 0.254 e. The Hall–Kier alpha value is -0.500. The summed E-state index contributed by atoms with van der Waals surface area (Å²) in [6, 6.07) is 1.94. The molecule has 0 aliphatic carbocycles. The van der Waals surface area contributed by atoms with Crippen LogP contribution >= 0.6 is 11.6 Å². The van der Waals surface area contributed by atoms with Gasteiger partial charge in [0.2, 0.25) is 0 Å². The first-order valence-corrected chi connectivity index (χ1v) is 4.88. The number of hydrogen-bond donors (Lipinski definition) is 0. The van der Waals surface area contributed by atoms with Crippen molar-refractivity contribution in [1.29, 1.82) is 0 Å². The average Bonchev–Trinajstić information content (AvgIpc) is 2.43. The van der Waals surface area contributed by atoms with Crippen LogP contribution in [0, 0.1) is 0 Å². The third kappa shape index (κ3) is 2.24. The van der Waals surface area contributed by atoms with Crippen molar-refractivity contribution in [3.8, 4) is 0 Å². The maximum atomic E-state index is 5.96. The third-order valence-corrected chi connectivity index (χ3v) is 2.17. The smallest absolute Gasteiger partial charge is 0.127 e. The lowest BCUT2D eigenvalue weighted by Crippen LogP contribution is -2.00.